The van der Waals surface area contributed by atoms with Crippen LogP contribution in [0.15, 0.2) is 56.4 Å². The van der Waals surface area contributed by atoms with Gasteiger partial charge in [-0.25, -0.2) is 4.79 Å². The summed E-state index contributed by atoms with van der Waals surface area (Å²) in [7, 11) is -10.2. The molecule has 1 aliphatic rings. The first-order chi connectivity index (χ1) is 13.1. The Kier molecular flexibility index (Phi) is 4.44. The maximum absolute atomic E-state index is 12.7. The summed E-state index contributed by atoms with van der Waals surface area (Å²) in [5.41, 5.74) is 0.299. The van der Waals surface area contributed by atoms with Gasteiger partial charge in [0.05, 0.1) is 0 Å². The lowest BCUT2D eigenvalue weighted by Crippen LogP contribution is -2.37. The Bertz CT molecular complexity index is 1160. The van der Waals surface area contributed by atoms with Gasteiger partial charge in [-0.05, 0) is 29.8 Å². The van der Waals surface area contributed by atoms with Crippen molar-refractivity contribution in [3.8, 4) is 0 Å². The van der Waals surface area contributed by atoms with Gasteiger partial charge in [0.1, 0.15) is 0 Å². The fourth-order valence-electron chi connectivity index (χ4n) is 2.74. The van der Waals surface area contributed by atoms with Crippen molar-refractivity contribution < 1.29 is 41.9 Å². The van der Waals surface area contributed by atoms with E-state index in [1.165, 1.54) is 42.7 Å². The molecule has 2 atom stereocenters. The van der Waals surface area contributed by atoms with Crippen molar-refractivity contribution >= 4 is 26.4 Å². The minimum Gasteiger partial charge on any atom is -0.391 e. The second kappa shape index (κ2) is 6.47. The minimum absolute atomic E-state index is 0.00373. The molecule has 3 N–H and O–H groups in total. The summed E-state index contributed by atoms with van der Waals surface area (Å²) in [6.07, 6.45) is 0.216. The second-order valence-corrected chi connectivity index (χ2v) is 10.4. The molecule has 2 unspecified atom stereocenters. The molecule has 0 aliphatic carbocycles. The monoisotopic (exact) mass is 429 g/mol. The van der Waals surface area contributed by atoms with E-state index in [9.17, 15) is 28.8 Å². The van der Waals surface area contributed by atoms with Crippen LogP contribution in [0.5, 0.6) is 0 Å². The summed E-state index contributed by atoms with van der Waals surface area (Å²) in [6.45, 7) is 0. The van der Waals surface area contributed by atoms with E-state index in [-0.39, 0.29) is 22.3 Å². The third-order valence-electron chi connectivity index (χ3n) is 4.17. The predicted molar refractivity (Wildman–Crippen MR) is 92.2 cm³/mol. The van der Waals surface area contributed by atoms with Gasteiger partial charge in [-0.15, -0.1) is 0 Å². The third kappa shape index (κ3) is 3.07. The maximum atomic E-state index is 12.7. The zero-order chi connectivity index (χ0) is 20.2. The Morgan fingerprint density at radius 2 is 1.75 bits per heavy atom. The molecule has 3 heterocycles. The summed E-state index contributed by atoms with van der Waals surface area (Å²) < 4.78 is 44.9. The van der Waals surface area contributed by atoms with E-state index in [0.29, 0.717) is 0 Å². The van der Waals surface area contributed by atoms with Gasteiger partial charge in [-0.3, -0.25) is 23.2 Å². The van der Waals surface area contributed by atoms with Crippen LogP contribution in [0.1, 0.15) is 17.4 Å². The van der Waals surface area contributed by atoms with E-state index >= 15 is 0 Å². The molecule has 4 rings (SSSR count). The largest absolute Gasteiger partial charge is 0.519 e. The zero-order valence-corrected chi connectivity index (χ0v) is 15.7. The van der Waals surface area contributed by atoms with Gasteiger partial charge in [0, 0.05) is 24.4 Å². The van der Waals surface area contributed by atoms with Crippen LogP contribution in [-0.2, 0) is 24.6 Å². The lowest BCUT2D eigenvalue weighted by atomic mass is 10.2. The number of benzene rings is 1. The fourth-order valence-corrected chi connectivity index (χ4v) is 6.32. The number of aliphatic hydroxyl groups is 1. The van der Waals surface area contributed by atoms with Crippen LogP contribution in [0, 0.1) is 0 Å². The van der Waals surface area contributed by atoms with E-state index in [2.05, 4.69) is 4.98 Å². The number of rotatable bonds is 3. The average Bonchev–Trinajstić information content (AvgIpc) is 2.99. The average molecular weight is 429 g/mol. The quantitative estimate of drug-likeness (QED) is 0.521. The highest BCUT2D eigenvalue weighted by atomic mass is 31.2. The van der Waals surface area contributed by atoms with Crippen molar-refractivity contribution in [3.05, 3.63) is 64.5 Å². The van der Waals surface area contributed by atoms with Crippen LogP contribution in [0.25, 0.3) is 11.2 Å². The zero-order valence-electron chi connectivity index (χ0n) is 13.9. The predicted octanol–water partition coefficient (Wildman–Crippen LogP) is 2.09. The van der Waals surface area contributed by atoms with Gasteiger partial charge in [0.15, 0.2) is 11.2 Å². The number of nitrogens with zero attached hydrogens (tertiary/aromatic N) is 1. The van der Waals surface area contributed by atoms with Gasteiger partial charge in [-0.1, -0.05) is 6.07 Å². The molecule has 0 radical (unpaired) electrons. The molecule has 1 aliphatic heterocycles. The molecule has 0 saturated carbocycles. The maximum Gasteiger partial charge on any atom is 0.519 e. The highest BCUT2D eigenvalue weighted by molar-refractivity contribution is 7.73. The number of hydrogen-bond acceptors (Lipinski definition) is 9. The molecule has 1 aromatic carbocycles. The standard InChI is InChI=1S/C15H13NO10P2/c17-14-23-11-4-3-10(6-12(11)24-14)13-25-27(19,20)15(18,28(21,22)26-13)7-9-2-1-5-16-8-9/h1-6,8,13,18H,7H2,(H,19,20)(H,21,22). The summed E-state index contributed by atoms with van der Waals surface area (Å²) in [5.74, 6) is -0.968. The molecule has 1 fully saturated rings. The van der Waals surface area contributed by atoms with E-state index in [1.807, 2.05) is 0 Å². The Morgan fingerprint density at radius 3 is 2.39 bits per heavy atom. The van der Waals surface area contributed by atoms with Crippen molar-refractivity contribution in [3.63, 3.8) is 0 Å². The van der Waals surface area contributed by atoms with E-state index in [4.69, 9.17) is 17.9 Å². The van der Waals surface area contributed by atoms with Crippen LogP contribution < -0.4 is 5.82 Å². The number of aromatic nitrogens is 1. The molecule has 1 saturated heterocycles. The van der Waals surface area contributed by atoms with Crippen molar-refractivity contribution in [1.29, 1.82) is 0 Å². The molecule has 11 nitrogen and oxygen atoms in total. The molecule has 148 valence electrons. The summed E-state index contributed by atoms with van der Waals surface area (Å²) in [4.78, 5) is 35.5. The van der Waals surface area contributed by atoms with Gasteiger partial charge < -0.3 is 23.7 Å². The van der Waals surface area contributed by atoms with Gasteiger partial charge in [-0.2, -0.15) is 0 Å². The molecule has 3 aromatic rings. The fraction of sp³-hybridized carbons (Fsp3) is 0.200. The second-order valence-electron chi connectivity index (χ2n) is 6.06. The van der Waals surface area contributed by atoms with Crippen LogP contribution in [0.3, 0.4) is 0 Å². The number of fused-ring (bicyclic) bond motifs is 1. The Hall–Kier alpha value is -2.10. The smallest absolute Gasteiger partial charge is 0.391 e. The van der Waals surface area contributed by atoms with Crippen molar-refractivity contribution in [2.24, 2.45) is 0 Å². The Balaban J connectivity index is 1.71. The van der Waals surface area contributed by atoms with Gasteiger partial charge >= 0.3 is 21.0 Å². The highest BCUT2D eigenvalue weighted by Gasteiger charge is 2.67. The summed E-state index contributed by atoms with van der Waals surface area (Å²) in [6, 6.07) is 6.72. The van der Waals surface area contributed by atoms with E-state index < -0.39 is 38.8 Å². The molecule has 2 aromatic heterocycles. The Morgan fingerprint density at radius 1 is 1.07 bits per heavy atom. The molecular weight excluding hydrogens is 416 g/mol. The molecule has 0 spiro atoms. The van der Waals surface area contributed by atoms with Crippen molar-refractivity contribution in [2.75, 3.05) is 0 Å². The van der Waals surface area contributed by atoms with E-state index in [1.54, 1.807) is 0 Å². The molecule has 0 bridgehead atoms. The third-order valence-corrected chi connectivity index (χ3v) is 8.77. The number of hydrogen-bond donors (Lipinski definition) is 3. The SMILES string of the molecule is O=c1oc2ccc(C3OP(=O)(O)C(O)(Cc4cccnc4)P(=O)(O)O3)cc2o1. The summed E-state index contributed by atoms with van der Waals surface area (Å²) in [5, 5.41) is 7.55. The number of pyridine rings is 1. The highest BCUT2D eigenvalue weighted by Crippen LogP contribution is 2.79. The van der Waals surface area contributed by atoms with Crippen LogP contribution >= 0.6 is 15.2 Å². The lowest BCUT2D eigenvalue weighted by Gasteiger charge is -2.41. The van der Waals surface area contributed by atoms with Crippen molar-refractivity contribution in [2.45, 2.75) is 17.8 Å². The normalized spacial score (nSPS) is 33.2. The van der Waals surface area contributed by atoms with Crippen LogP contribution in [0.2, 0.25) is 0 Å². The molecule has 13 heteroatoms. The van der Waals surface area contributed by atoms with Crippen LogP contribution in [-0.4, -0.2) is 25.0 Å². The topological polar surface area (TPSA) is 170 Å². The first kappa shape index (κ1) is 19.2. The molecule has 28 heavy (non-hydrogen) atoms. The Labute approximate surface area is 156 Å². The molecular formula is C15H13NO10P2. The first-order valence-electron chi connectivity index (χ1n) is 7.79. The van der Waals surface area contributed by atoms with Gasteiger partial charge in [0.25, 0.3) is 5.08 Å². The van der Waals surface area contributed by atoms with E-state index in [0.717, 1.165) is 0 Å². The van der Waals surface area contributed by atoms with Gasteiger partial charge in [0.2, 0.25) is 6.29 Å². The summed E-state index contributed by atoms with van der Waals surface area (Å²) >= 11 is 0. The first-order valence-corrected chi connectivity index (χ1v) is 10.9. The van der Waals surface area contributed by atoms with Crippen LogP contribution in [0.4, 0.5) is 0 Å². The molecule has 0 amide bonds. The van der Waals surface area contributed by atoms with Crippen molar-refractivity contribution in [1.82, 2.24) is 4.98 Å². The lowest BCUT2D eigenvalue weighted by molar-refractivity contribution is -0.0578. The minimum atomic E-state index is -5.10.